The highest BCUT2D eigenvalue weighted by molar-refractivity contribution is 7.12. The molecule has 2 fully saturated rings. The number of likely N-dealkylation sites (tertiary alicyclic amines) is 1. The van der Waals surface area contributed by atoms with Gasteiger partial charge >= 0.3 is 0 Å². The number of fused-ring (bicyclic) bond motifs is 2. The molecule has 4 rings (SSSR count). The number of hydrogen-bond acceptors (Lipinski definition) is 4. The molecule has 0 spiro atoms. The van der Waals surface area contributed by atoms with E-state index in [2.05, 4.69) is 10.6 Å². The molecule has 3 heterocycles. The Morgan fingerprint density at radius 1 is 1.11 bits per heavy atom. The van der Waals surface area contributed by atoms with E-state index in [1.54, 1.807) is 6.07 Å². The molecule has 2 aliphatic rings. The number of benzene rings is 1. The molecule has 2 aromatic rings. The number of hydrogen-bond donors (Lipinski definition) is 2. The van der Waals surface area contributed by atoms with Crippen molar-refractivity contribution in [3.8, 4) is 0 Å². The fourth-order valence-electron chi connectivity index (χ4n) is 4.05. The van der Waals surface area contributed by atoms with Crippen molar-refractivity contribution in [1.82, 2.24) is 15.5 Å². The smallest absolute Gasteiger partial charge is 0.262 e. The van der Waals surface area contributed by atoms with E-state index in [0.29, 0.717) is 23.4 Å². The standard InChI is InChI=1S/C21H25N3O2S.ClH/c25-20(19-7-4-12-27-19)23-18(13-15-5-2-1-3-6-15)21(26)24-11-10-16-8-9-17(14-24)22-16;/h1-7,12,16-18,22H,8-11,13-14H2,(H,23,25);1H. The first kappa shape index (κ1) is 20.8. The lowest BCUT2D eigenvalue weighted by Crippen LogP contribution is -2.51. The van der Waals surface area contributed by atoms with E-state index >= 15 is 0 Å². The molecule has 0 saturated carbocycles. The highest BCUT2D eigenvalue weighted by Gasteiger charge is 2.34. The molecular weight excluding hydrogens is 394 g/mol. The van der Waals surface area contributed by atoms with E-state index in [1.165, 1.54) is 17.8 Å². The van der Waals surface area contributed by atoms with Gasteiger partial charge in [0.2, 0.25) is 5.91 Å². The Hall–Kier alpha value is -1.89. The third-order valence-corrected chi connectivity index (χ3v) is 6.33. The van der Waals surface area contributed by atoms with E-state index in [9.17, 15) is 9.59 Å². The van der Waals surface area contributed by atoms with Crippen molar-refractivity contribution in [2.75, 3.05) is 13.1 Å². The van der Waals surface area contributed by atoms with Crippen molar-refractivity contribution in [1.29, 1.82) is 0 Å². The zero-order chi connectivity index (χ0) is 18.6. The first-order valence-corrected chi connectivity index (χ1v) is 10.5. The van der Waals surface area contributed by atoms with Gasteiger partial charge < -0.3 is 15.5 Å². The Labute approximate surface area is 175 Å². The van der Waals surface area contributed by atoms with Gasteiger partial charge in [-0.3, -0.25) is 9.59 Å². The van der Waals surface area contributed by atoms with Gasteiger partial charge in [-0.25, -0.2) is 0 Å². The van der Waals surface area contributed by atoms with Gasteiger partial charge in [-0.15, -0.1) is 23.7 Å². The lowest BCUT2D eigenvalue weighted by atomic mass is 10.0. The SMILES string of the molecule is Cl.O=C(NC(Cc1ccccc1)C(=O)N1CCC2CCC(C1)N2)c1cccs1. The van der Waals surface area contributed by atoms with Crippen molar-refractivity contribution < 1.29 is 9.59 Å². The summed E-state index contributed by atoms with van der Waals surface area (Å²) in [6.45, 7) is 1.49. The van der Waals surface area contributed by atoms with Crippen LogP contribution >= 0.6 is 23.7 Å². The Balaban J connectivity index is 0.00000225. The number of halogens is 1. The van der Waals surface area contributed by atoms with Crippen LogP contribution in [0.2, 0.25) is 0 Å². The van der Waals surface area contributed by atoms with Gasteiger partial charge in [-0.05, 0) is 36.3 Å². The second-order valence-electron chi connectivity index (χ2n) is 7.40. The zero-order valence-electron chi connectivity index (χ0n) is 15.7. The van der Waals surface area contributed by atoms with Crippen LogP contribution < -0.4 is 10.6 Å². The second kappa shape index (κ2) is 9.54. The molecule has 3 atom stereocenters. The van der Waals surface area contributed by atoms with Gasteiger partial charge in [0, 0.05) is 31.6 Å². The van der Waals surface area contributed by atoms with E-state index in [4.69, 9.17) is 0 Å². The fraction of sp³-hybridized carbons (Fsp3) is 0.429. The Morgan fingerprint density at radius 2 is 1.89 bits per heavy atom. The second-order valence-corrected chi connectivity index (χ2v) is 8.35. The maximum Gasteiger partial charge on any atom is 0.262 e. The molecular formula is C21H26ClN3O2S. The normalized spacial score (nSPS) is 22.1. The van der Waals surface area contributed by atoms with Crippen LogP contribution in [0.4, 0.5) is 0 Å². The maximum absolute atomic E-state index is 13.3. The average Bonchev–Trinajstić information content (AvgIpc) is 3.31. The molecule has 2 amide bonds. The summed E-state index contributed by atoms with van der Waals surface area (Å²) in [7, 11) is 0. The van der Waals surface area contributed by atoms with E-state index < -0.39 is 6.04 Å². The van der Waals surface area contributed by atoms with Crippen molar-refractivity contribution in [2.45, 2.75) is 43.8 Å². The van der Waals surface area contributed by atoms with Crippen LogP contribution in [0.15, 0.2) is 47.8 Å². The summed E-state index contributed by atoms with van der Waals surface area (Å²) in [5.74, 6) is -0.146. The monoisotopic (exact) mass is 419 g/mol. The van der Waals surface area contributed by atoms with Crippen LogP contribution in [0.5, 0.6) is 0 Å². The minimum Gasteiger partial charge on any atom is -0.339 e. The molecule has 2 N–H and O–H groups in total. The number of nitrogens with one attached hydrogen (secondary N) is 2. The molecule has 2 saturated heterocycles. The number of rotatable bonds is 5. The van der Waals surface area contributed by atoms with Crippen LogP contribution in [0.3, 0.4) is 0 Å². The molecule has 3 unspecified atom stereocenters. The molecule has 1 aromatic carbocycles. The average molecular weight is 420 g/mol. The highest BCUT2D eigenvalue weighted by Crippen LogP contribution is 2.21. The fourth-order valence-corrected chi connectivity index (χ4v) is 4.68. The van der Waals surface area contributed by atoms with Crippen molar-refractivity contribution in [2.24, 2.45) is 0 Å². The summed E-state index contributed by atoms with van der Waals surface area (Å²) < 4.78 is 0. The van der Waals surface area contributed by atoms with Crippen molar-refractivity contribution in [3.63, 3.8) is 0 Å². The van der Waals surface area contributed by atoms with Crippen LogP contribution in [0, 0.1) is 0 Å². The minimum atomic E-state index is -0.543. The number of amides is 2. The minimum absolute atomic E-state index is 0. The van der Waals surface area contributed by atoms with Crippen molar-refractivity contribution in [3.05, 3.63) is 58.3 Å². The molecule has 1 aromatic heterocycles. The van der Waals surface area contributed by atoms with Crippen LogP contribution in [-0.2, 0) is 11.2 Å². The third kappa shape index (κ3) is 4.93. The third-order valence-electron chi connectivity index (χ3n) is 5.47. The zero-order valence-corrected chi connectivity index (χ0v) is 17.3. The van der Waals surface area contributed by atoms with Crippen molar-refractivity contribution >= 4 is 35.6 Å². The Morgan fingerprint density at radius 3 is 2.64 bits per heavy atom. The first-order valence-electron chi connectivity index (χ1n) is 9.62. The summed E-state index contributed by atoms with van der Waals surface area (Å²) in [6.07, 6.45) is 3.82. The summed E-state index contributed by atoms with van der Waals surface area (Å²) >= 11 is 1.39. The largest absolute Gasteiger partial charge is 0.339 e. The lowest BCUT2D eigenvalue weighted by molar-refractivity contribution is -0.133. The molecule has 150 valence electrons. The molecule has 7 heteroatoms. The van der Waals surface area contributed by atoms with Crippen LogP contribution in [-0.4, -0.2) is 47.9 Å². The maximum atomic E-state index is 13.3. The van der Waals surface area contributed by atoms with Crippen LogP contribution in [0.25, 0.3) is 0 Å². The van der Waals surface area contributed by atoms with Gasteiger partial charge in [-0.1, -0.05) is 36.4 Å². The van der Waals surface area contributed by atoms with E-state index in [1.807, 2.05) is 46.7 Å². The molecule has 5 nitrogen and oxygen atoms in total. The molecule has 2 aliphatic heterocycles. The van der Waals surface area contributed by atoms with Gasteiger partial charge in [0.15, 0.2) is 0 Å². The summed E-state index contributed by atoms with van der Waals surface area (Å²) in [5.41, 5.74) is 1.05. The Kier molecular flexibility index (Phi) is 7.10. The topological polar surface area (TPSA) is 61.4 Å². The molecule has 2 bridgehead atoms. The van der Waals surface area contributed by atoms with Crippen LogP contribution in [0.1, 0.15) is 34.5 Å². The predicted octanol–water partition coefficient (Wildman–Crippen LogP) is 2.86. The highest BCUT2D eigenvalue weighted by atomic mass is 35.5. The van der Waals surface area contributed by atoms with Gasteiger partial charge in [-0.2, -0.15) is 0 Å². The predicted molar refractivity (Wildman–Crippen MR) is 114 cm³/mol. The molecule has 28 heavy (non-hydrogen) atoms. The van der Waals surface area contributed by atoms with Gasteiger partial charge in [0.05, 0.1) is 4.88 Å². The summed E-state index contributed by atoms with van der Waals surface area (Å²) in [4.78, 5) is 28.5. The summed E-state index contributed by atoms with van der Waals surface area (Å²) in [6, 6.07) is 13.9. The number of carbonyl (C=O) groups is 2. The summed E-state index contributed by atoms with van der Waals surface area (Å²) in [5, 5.41) is 8.47. The number of nitrogens with zero attached hydrogens (tertiary/aromatic N) is 1. The van der Waals surface area contributed by atoms with E-state index in [-0.39, 0.29) is 24.2 Å². The quantitative estimate of drug-likeness (QED) is 0.783. The molecule has 0 aliphatic carbocycles. The number of carbonyl (C=O) groups excluding carboxylic acids is 2. The first-order chi connectivity index (χ1) is 13.2. The lowest BCUT2D eigenvalue weighted by Gasteiger charge is -2.29. The molecule has 0 radical (unpaired) electrons. The Bertz CT molecular complexity index is 784. The van der Waals surface area contributed by atoms with Gasteiger partial charge in [0.25, 0.3) is 5.91 Å². The van der Waals surface area contributed by atoms with E-state index in [0.717, 1.165) is 31.5 Å². The number of thiophene rings is 1. The van der Waals surface area contributed by atoms with Gasteiger partial charge in [0.1, 0.15) is 6.04 Å².